The molecule has 1 saturated heterocycles. The first-order valence-electron chi connectivity index (χ1n) is 13.1. The summed E-state index contributed by atoms with van der Waals surface area (Å²) in [6.07, 6.45) is 0. The van der Waals surface area contributed by atoms with Crippen LogP contribution in [0.1, 0.15) is 35.1 Å². The van der Waals surface area contributed by atoms with Crippen LogP contribution in [0.3, 0.4) is 0 Å². The number of piperazine rings is 1. The second-order valence-electron chi connectivity index (χ2n) is 9.90. The lowest BCUT2D eigenvalue weighted by Crippen LogP contribution is -2.47. The van der Waals surface area contributed by atoms with Gasteiger partial charge in [0.05, 0.1) is 25.1 Å². The van der Waals surface area contributed by atoms with Crippen LogP contribution in [-0.4, -0.2) is 54.7 Å². The number of rotatable bonds is 6. The second-order valence-corrected chi connectivity index (χ2v) is 9.90. The molecule has 0 amide bonds. The minimum Gasteiger partial charge on any atom is -0.494 e. The fourth-order valence-electron chi connectivity index (χ4n) is 5.68. The number of hydrogen-bond donors (Lipinski definition) is 0. The van der Waals surface area contributed by atoms with Gasteiger partial charge in [-0.3, -0.25) is 0 Å². The van der Waals surface area contributed by atoms with Gasteiger partial charge in [-0.2, -0.15) is 5.10 Å². The SMILES string of the molecule is CCOc1ccc(-n2c(C)c3c(C)nnc(N4CCN(c5cc(C)ccc5C)CC4)c3c2C)c(OC)c1. The number of nitrogens with zero attached hydrogens (tertiary/aromatic N) is 5. The van der Waals surface area contributed by atoms with Crippen LogP contribution in [0.4, 0.5) is 11.5 Å². The zero-order chi connectivity index (χ0) is 26.3. The number of benzene rings is 2. The third kappa shape index (κ3) is 4.37. The summed E-state index contributed by atoms with van der Waals surface area (Å²) in [5, 5.41) is 11.7. The van der Waals surface area contributed by atoms with Gasteiger partial charge in [0.25, 0.3) is 0 Å². The second kappa shape index (κ2) is 9.96. The molecular formula is C30H37N5O2. The van der Waals surface area contributed by atoms with Crippen molar-refractivity contribution in [2.45, 2.75) is 41.5 Å². The fourth-order valence-corrected chi connectivity index (χ4v) is 5.68. The van der Waals surface area contributed by atoms with Gasteiger partial charge in [0.15, 0.2) is 5.82 Å². The fraction of sp³-hybridized carbons (Fsp3) is 0.400. The van der Waals surface area contributed by atoms with Gasteiger partial charge in [-0.15, -0.1) is 5.10 Å². The summed E-state index contributed by atoms with van der Waals surface area (Å²) in [6.45, 7) is 17.0. The molecule has 7 nitrogen and oxygen atoms in total. The van der Waals surface area contributed by atoms with E-state index < -0.39 is 0 Å². The van der Waals surface area contributed by atoms with E-state index in [1.807, 2.05) is 26.0 Å². The summed E-state index contributed by atoms with van der Waals surface area (Å²) in [5.74, 6) is 2.54. The van der Waals surface area contributed by atoms with E-state index in [0.717, 1.165) is 71.7 Å². The smallest absolute Gasteiger partial charge is 0.161 e. The molecule has 1 fully saturated rings. The van der Waals surface area contributed by atoms with Crippen molar-refractivity contribution in [3.05, 3.63) is 64.6 Å². The Kier molecular flexibility index (Phi) is 6.71. The van der Waals surface area contributed by atoms with Crippen LogP contribution >= 0.6 is 0 Å². The van der Waals surface area contributed by atoms with Crippen molar-refractivity contribution in [3.8, 4) is 17.2 Å². The maximum Gasteiger partial charge on any atom is 0.161 e. The lowest BCUT2D eigenvalue weighted by molar-refractivity contribution is 0.336. The van der Waals surface area contributed by atoms with E-state index in [1.54, 1.807) is 7.11 Å². The van der Waals surface area contributed by atoms with Gasteiger partial charge in [-0.05, 0) is 70.9 Å². The monoisotopic (exact) mass is 499 g/mol. The lowest BCUT2D eigenvalue weighted by Gasteiger charge is -2.37. The van der Waals surface area contributed by atoms with Crippen LogP contribution in [0.25, 0.3) is 16.5 Å². The average molecular weight is 500 g/mol. The van der Waals surface area contributed by atoms with Gasteiger partial charge in [0.1, 0.15) is 11.5 Å². The van der Waals surface area contributed by atoms with Gasteiger partial charge >= 0.3 is 0 Å². The summed E-state index contributed by atoms with van der Waals surface area (Å²) in [6, 6.07) is 12.7. The van der Waals surface area contributed by atoms with Crippen molar-refractivity contribution in [1.82, 2.24) is 14.8 Å². The van der Waals surface area contributed by atoms with Crippen LogP contribution < -0.4 is 19.3 Å². The van der Waals surface area contributed by atoms with E-state index in [9.17, 15) is 0 Å². The third-order valence-electron chi connectivity index (χ3n) is 7.51. The zero-order valence-electron chi connectivity index (χ0n) is 23.1. The van der Waals surface area contributed by atoms with Crippen molar-refractivity contribution < 1.29 is 9.47 Å². The van der Waals surface area contributed by atoms with Gasteiger partial charge in [-0.1, -0.05) is 12.1 Å². The number of hydrogen-bond acceptors (Lipinski definition) is 6. The predicted octanol–water partition coefficient (Wildman–Crippen LogP) is 5.70. The Bertz CT molecular complexity index is 1450. The van der Waals surface area contributed by atoms with Gasteiger partial charge in [-0.25, -0.2) is 0 Å². The highest BCUT2D eigenvalue weighted by Gasteiger charge is 2.26. The first-order valence-corrected chi connectivity index (χ1v) is 13.1. The minimum atomic E-state index is 0.616. The Morgan fingerprint density at radius 1 is 0.784 bits per heavy atom. The Hall–Kier alpha value is -3.74. The Morgan fingerprint density at radius 2 is 1.49 bits per heavy atom. The summed E-state index contributed by atoms with van der Waals surface area (Å²) in [5.41, 5.74) is 8.16. The van der Waals surface area contributed by atoms with Crippen LogP contribution in [0.2, 0.25) is 0 Å². The molecule has 0 bridgehead atoms. The van der Waals surface area contributed by atoms with Crippen LogP contribution in [-0.2, 0) is 0 Å². The molecule has 5 rings (SSSR count). The molecular weight excluding hydrogens is 462 g/mol. The minimum absolute atomic E-state index is 0.616. The number of fused-ring (bicyclic) bond motifs is 1. The molecule has 0 atom stereocenters. The first kappa shape index (κ1) is 24.9. The highest BCUT2D eigenvalue weighted by atomic mass is 16.5. The quantitative estimate of drug-likeness (QED) is 0.339. The average Bonchev–Trinajstić information content (AvgIpc) is 3.17. The van der Waals surface area contributed by atoms with Crippen molar-refractivity contribution in [1.29, 1.82) is 0 Å². The molecule has 37 heavy (non-hydrogen) atoms. The van der Waals surface area contributed by atoms with Crippen LogP contribution in [0.5, 0.6) is 11.5 Å². The first-order chi connectivity index (χ1) is 17.8. The molecule has 0 saturated carbocycles. The Balaban J connectivity index is 1.54. The summed E-state index contributed by atoms with van der Waals surface area (Å²) in [7, 11) is 1.71. The molecule has 0 unspecified atom stereocenters. The Morgan fingerprint density at radius 3 is 2.19 bits per heavy atom. The largest absolute Gasteiger partial charge is 0.494 e. The van der Waals surface area contributed by atoms with E-state index in [-0.39, 0.29) is 0 Å². The van der Waals surface area contributed by atoms with E-state index in [4.69, 9.17) is 14.6 Å². The van der Waals surface area contributed by atoms with Gasteiger partial charge < -0.3 is 23.8 Å². The van der Waals surface area contributed by atoms with Crippen molar-refractivity contribution in [2.24, 2.45) is 0 Å². The third-order valence-corrected chi connectivity index (χ3v) is 7.51. The predicted molar refractivity (Wildman–Crippen MR) is 151 cm³/mol. The molecule has 1 aliphatic rings. The number of anilines is 2. The highest BCUT2D eigenvalue weighted by Crippen LogP contribution is 2.39. The molecule has 7 heteroatoms. The zero-order valence-corrected chi connectivity index (χ0v) is 23.1. The molecule has 0 radical (unpaired) electrons. The van der Waals surface area contributed by atoms with Gasteiger partial charge in [0.2, 0.25) is 0 Å². The van der Waals surface area contributed by atoms with Gasteiger partial charge in [0, 0.05) is 60.1 Å². The molecule has 3 heterocycles. The maximum absolute atomic E-state index is 5.79. The molecule has 0 N–H and O–H groups in total. The van der Waals surface area contributed by atoms with Crippen LogP contribution in [0.15, 0.2) is 36.4 Å². The topological polar surface area (TPSA) is 55.7 Å². The number of aryl methyl sites for hydroxylation is 5. The van der Waals surface area contributed by atoms with Crippen molar-refractivity contribution in [3.63, 3.8) is 0 Å². The Labute approximate surface area is 219 Å². The van der Waals surface area contributed by atoms with Crippen LogP contribution in [0, 0.1) is 34.6 Å². The molecule has 2 aromatic carbocycles. The maximum atomic E-state index is 5.79. The number of aromatic nitrogens is 3. The molecule has 1 aliphatic heterocycles. The van der Waals surface area contributed by atoms with Crippen molar-refractivity contribution in [2.75, 3.05) is 49.7 Å². The summed E-state index contributed by atoms with van der Waals surface area (Å²) in [4.78, 5) is 4.88. The molecule has 2 aromatic heterocycles. The standard InChI is InChI=1S/C30H37N5O2/c1-8-37-24-11-12-25(27(18-24)36-7)35-22(5)28-21(4)31-32-30(29(28)23(35)6)34-15-13-33(14-16-34)26-17-19(2)9-10-20(26)3/h9-12,17-18H,8,13-16H2,1-7H3. The number of methoxy groups -OCH3 is 1. The normalized spacial score (nSPS) is 13.9. The molecule has 4 aromatic rings. The number of ether oxygens (including phenoxy) is 2. The molecule has 0 aliphatic carbocycles. The lowest BCUT2D eigenvalue weighted by atomic mass is 10.1. The van der Waals surface area contributed by atoms with E-state index >= 15 is 0 Å². The van der Waals surface area contributed by atoms with E-state index in [0.29, 0.717) is 6.61 Å². The summed E-state index contributed by atoms with van der Waals surface area (Å²) < 4.78 is 13.8. The van der Waals surface area contributed by atoms with E-state index in [1.165, 1.54) is 22.2 Å². The molecule has 194 valence electrons. The summed E-state index contributed by atoms with van der Waals surface area (Å²) >= 11 is 0. The highest BCUT2D eigenvalue weighted by molar-refractivity contribution is 5.99. The van der Waals surface area contributed by atoms with E-state index in [2.05, 4.69) is 71.4 Å². The van der Waals surface area contributed by atoms with Crippen molar-refractivity contribution >= 4 is 22.3 Å². The molecule has 0 spiro atoms.